The van der Waals surface area contributed by atoms with Gasteiger partial charge in [0.05, 0.1) is 24.5 Å². The molecular weight excluding hydrogens is 276 g/mol. The topological polar surface area (TPSA) is 58.6 Å². The summed E-state index contributed by atoms with van der Waals surface area (Å²) in [6.45, 7) is 4.94. The molecule has 0 aromatic rings. The number of hydrogen-bond donors (Lipinski definition) is 1. The molecule has 20 heavy (non-hydrogen) atoms. The van der Waals surface area contributed by atoms with Gasteiger partial charge < -0.3 is 10.1 Å². The number of nitrogens with one attached hydrogen (secondary N) is 1. The Balaban J connectivity index is 1.87. The summed E-state index contributed by atoms with van der Waals surface area (Å²) >= 11 is 0. The molecule has 1 aliphatic carbocycles. The number of nitrogens with zero attached hydrogens (tertiary/aromatic N) is 1. The first-order valence-corrected chi connectivity index (χ1v) is 9.58. The van der Waals surface area contributed by atoms with Gasteiger partial charge in [0.25, 0.3) is 0 Å². The highest BCUT2D eigenvalue weighted by Gasteiger charge is 2.39. The fourth-order valence-corrected chi connectivity index (χ4v) is 4.96. The Bertz CT molecular complexity index is 384. The summed E-state index contributed by atoms with van der Waals surface area (Å²) in [6.07, 6.45) is 6.15. The number of sulfonamides is 1. The SMILES string of the molecule is CCCNCCCS(=O)(=O)N1CCOC2CCCCC21. The van der Waals surface area contributed by atoms with Crippen LogP contribution >= 0.6 is 0 Å². The molecule has 1 saturated carbocycles. The fourth-order valence-electron chi connectivity index (χ4n) is 3.20. The van der Waals surface area contributed by atoms with Crippen molar-refractivity contribution in [3.8, 4) is 0 Å². The Labute approximate surface area is 123 Å². The van der Waals surface area contributed by atoms with Gasteiger partial charge in [-0.2, -0.15) is 4.31 Å². The molecule has 0 spiro atoms. The lowest BCUT2D eigenvalue weighted by Gasteiger charge is -2.42. The first-order chi connectivity index (χ1) is 9.65. The van der Waals surface area contributed by atoms with Crippen molar-refractivity contribution in [3.05, 3.63) is 0 Å². The van der Waals surface area contributed by atoms with Crippen molar-refractivity contribution in [2.45, 2.75) is 57.6 Å². The summed E-state index contributed by atoms with van der Waals surface area (Å²) in [6, 6.07) is 0.0890. The maximum absolute atomic E-state index is 12.5. The average Bonchev–Trinajstić information content (AvgIpc) is 2.46. The molecule has 118 valence electrons. The van der Waals surface area contributed by atoms with E-state index in [0.717, 1.165) is 45.2 Å². The minimum atomic E-state index is -3.13. The standard InChI is InChI=1S/C14H28N2O3S/c1-2-8-15-9-5-12-20(17,18)16-10-11-19-14-7-4-3-6-13(14)16/h13-15H,2-12H2,1H3. The summed E-state index contributed by atoms with van der Waals surface area (Å²) in [7, 11) is -3.13. The highest BCUT2D eigenvalue weighted by molar-refractivity contribution is 7.89. The van der Waals surface area contributed by atoms with Crippen LogP contribution in [0.3, 0.4) is 0 Å². The van der Waals surface area contributed by atoms with Crippen LogP contribution in [0.2, 0.25) is 0 Å². The Morgan fingerprint density at radius 2 is 2.05 bits per heavy atom. The Morgan fingerprint density at radius 3 is 2.85 bits per heavy atom. The summed E-state index contributed by atoms with van der Waals surface area (Å²) in [5, 5.41) is 3.26. The van der Waals surface area contributed by atoms with Gasteiger partial charge in [0, 0.05) is 6.54 Å². The highest BCUT2D eigenvalue weighted by atomic mass is 32.2. The van der Waals surface area contributed by atoms with E-state index in [2.05, 4.69) is 12.2 Å². The maximum atomic E-state index is 12.5. The van der Waals surface area contributed by atoms with E-state index in [1.807, 2.05) is 0 Å². The van der Waals surface area contributed by atoms with Gasteiger partial charge in [-0.1, -0.05) is 19.8 Å². The van der Waals surface area contributed by atoms with Crippen molar-refractivity contribution in [2.24, 2.45) is 0 Å². The van der Waals surface area contributed by atoms with Crippen LogP contribution in [-0.2, 0) is 14.8 Å². The molecule has 1 aliphatic heterocycles. The van der Waals surface area contributed by atoms with Crippen LogP contribution < -0.4 is 5.32 Å². The maximum Gasteiger partial charge on any atom is 0.214 e. The summed E-state index contributed by atoms with van der Waals surface area (Å²) < 4.78 is 32.5. The molecule has 2 fully saturated rings. The van der Waals surface area contributed by atoms with E-state index in [1.54, 1.807) is 4.31 Å². The van der Waals surface area contributed by atoms with Crippen LogP contribution in [0.4, 0.5) is 0 Å². The summed E-state index contributed by atoms with van der Waals surface area (Å²) in [4.78, 5) is 0. The second kappa shape index (κ2) is 7.73. The molecule has 1 saturated heterocycles. The Kier molecular flexibility index (Phi) is 6.26. The molecular formula is C14H28N2O3S. The molecule has 6 heteroatoms. The van der Waals surface area contributed by atoms with E-state index in [-0.39, 0.29) is 17.9 Å². The second-order valence-electron chi connectivity index (χ2n) is 5.79. The van der Waals surface area contributed by atoms with Gasteiger partial charge in [0.2, 0.25) is 10.0 Å². The lowest BCUT2D eigenvalue weighted by molar-refractivity contribution is -0.0585. The lowest BCUT2D eigenvalue weighted by atomic mass is 9.91. The van der Waals surface area contributed by atoms with Crippen molar-refractivity contribution >= 4 is 10.0 Å². The number of ether oxygens (including phenoxy) is 1. The van der Waals surface area contributed by atoms with Crippen LogP contribution in [0, 0.1) is 0 Å². The second-order valence-corrected chi connectivity index (χ2v) is 7.83. The molecule has 2 unspecified atom stereocenters. The van der Waals surface area contributed by atoms with Crippen LogP contribution in [-0.4, -0.2) is 56.9 Å². The smallest absolute Gasteiger partial charge is 0.214 e. The van der Waals surface area contributed by atoms with Gasteiger partial charge >= 0.3 is 0 Å². The van der Waals surface area contributed by atoms with E-state index >= 15 is 0 Å². The van der Waals surface area contributed by atoms with E-state index in [0.29, 0.717) is 19.6 Å². The summed E-state index contributed by atoms with van der Waals surface area (Å²) in [5.41, 5.74) is 0. The zero-order valence-corrected chi connectivity index (χ0v) is 13.3. The van der Waals surface area contributed by atoms with E-state index in [9.17, 15) is 8.42 Å². The van der Waals surface area contributed by atoms with Crippen LogP contribution in [0.5, 0.6) is 0 Å². The molecule has 0 bridgehead atoms. The molecule has 0 aromatic carbocycles. The summed E-state index contributed by atoms with van der Waals surface area (Å²) in [5.74, 6) is 0.257. The van der Waals surface area contributed by atoms with Crippen LogP contribution in [0.25, 0.3) is 0 Å². The van der Waals surface area contributed by atoms with Crippen molar-refractivity contribution in [2.75, 3.05) is 32.0 Å². The Hall–Kier alpha value is -0.170. The van der Waals surface area contributed by atoms with Gasteiger partial charge in [0.15, 0.2) is 0 Å². The van der Waals surface area contributed by atoms with Crippen LogP contribution in [0.15, 0.2) is 0 Å². The normalized spacial score (nSPS) is 28.2. The third-order valence-electron chi connectivity index (χ3n) is 4.22. The van der Waals surface area contributed by atoms with Crippen molar-refractivity contribution in [3.63, 3.8) is 0 Å². The quantitative estimate of drug-likeness (QED) is 0.721. The first-order valence-electron chi connectivity index (χ1n) is 7.97. The molecule has 0 aromatic heterocycles. The fraction of sp³-hybridized carbons (Fsp3) is 1.00. The van der Waals surface area contributed by atoms with Gasteiger partial charge in [-0.25, -0.2) is 8.42 Å². The zero-order valence-electron chi connectivity index (χ0n) is 12.5. The Morgan fingerprint density at radius 1 is 1.25 bits per heavy atom. The predicted molar refractivity (Wildman–Crippen MR) is 80.3 cm³/mol. The van der Waals surface area contributed by atoms with E-state index in [4.69, 9.17) is 4.74 Å². The van der Waals surface area contributed by atoms with Gasteiger partial charge in [0.1, 0.15) is 0 Å². The van der Waals surface area contributed by atoms with Crippen molar-refractivity contribution in [1.82, 2.24) is 9.62 Å². The average molecular weight is 304 g/mol. The third kappa shape index (κ3) is 4.16. The molecule has 5 nitrogen and oxygen atoms in total. The van der Waals surface area contributed by atoms with Gasteiger partial charge in [-0.15, -0.1) is 0 Å². The first kappa shape index (κ1) is 16.2. The van der Waals surface area contributed by atoms with E-state index in [1.165, 1.54) is 0 Å². The molecule has 2 atom stereocenters. The highest BCUT2D eigenvalue weighted by Crippen LogP contribution is 2.30. The van der Waals surface area contributed by atoms with E-state index < -0.39 is 10.0 Å². The van der Waals surface area contributed by atoms with Gasteiger partial charge in [-0.3, -0.25) is 0 Å². The third-order valence-corrected chi connectivity index (χ3v) is 6.19. The molecule has 2 aliphatic rings. The molecule has 0 amide bonds. The number of morpholine rings is 1. The minimum Gasteiger partial charge on any atom is -0.375 e. The van der Waals surface area contributed by atoms with Gasteiger partial charge in [-0.05, 0) is 38.8 Å². The molecule has 1 heterocycles. The predicted octanol–water partition coefficient (Wildman–Crippen LogP) is 1.35. The van der Waals surface area contributed by atoms with Crippen molar-refractivity contribution < 1.29 is 13.2 Å². The molecule has 0 radical (unpaired) electrons. The minimum absolute atomic E-state index is 0.0890. The number of hydrogen-bond acceptors (Lipinski definition) is 4. The number of rotatable bonds is 7. The molecule has 2 rings (SSSR count). The van der Waals surface area contributed by atoms with Crippen LogP contribution in [0.1, 0.15) is 45.4 Å². The van der Waals surface area contributed by atoms with Crippen molar-refractivity contribution in [1.29, 1.82) is 0 Å². The largest absolute Gasteiger partial charge is 0.375 e. The zero-order chi connectivity index (χ0) is 14.4. The monoisotopic (exact) mass is 304 g/mol. The lowest BCUT2D eigenvalue weighted by Crippen LogP contribution is -2.55. The molecule has 1 N–H and O–H groups in total. The number of fused-ring (bicyclic) bond motifs is 1.